The van der Waals surface area contributed by atoms with Gasteiger partial charge in [0, 0.05) is 55.6 Å². The van der Waals surface area contributed by atoms with Gasteiger partial charge in [-0.3, -0.25) is 9.00 Å². The number of aromatic nitrogens is 4. The zero-order valence-electron chi connectivity index (χ0n) is 22.5. The summed E-state index contributed by atoms with van der Waals surface area (Å²) in [5.41, 5.74) is 3.16. The number of hydrogen-bond acceptors (Lipinski definition) is 8. The Morgan fingerprint density at radius 2 is 2.00 bits per heavy atom. The third-order valence-corrected chi connectivity index (χ3v) is 10.5. The molecule has 0 radical (unpaired) electrons. The number of halogens is 1. The van der Waals surface area contributed by atoms with E-state index in [9.17, 15) is 9.00 Å². The number of fused-ring (bicyclic) bond motifs is 1. The largest absolute Gasteiger partial charge is 0.324 e. The number of anilines is 2. The van der Waals surface area contributed by atoms with Crippen LogP contribution in [0.1, 0.15) is 18.9 Å². The third-order valence-electron chi connectivity index (χ3n) is 7.38. The molecule has 1 saturated heterocycles. The van der Waals surface area contributed by atoms with Gasteiger partial charge in [-0.1, -0.05) is 36.7 Å². The average Bonchev–Trinajstić information content (AvgIpc) is 3.69. The van der Waals surface area contributed by atoms with Crippen LogP contribution in [0.25, 0.3) is 27.3 Å². The maximum Gasteiger partial charge on any atom is 0.266 e. The van der Waals surface area contributed by atoms with E-state index in [1.807, 2.05) is 19.1 Å². The minimum Gasteiger partial charge on any atom is -0.324 e. The second kappa shape index (κ2) is 11.4. The first kappa shape index (κ1) is 27.6. The molecule has 41 heavy (non-hydrogen) atoms. The van der Waals surface area contributed by atoms with Crippen molar-refractivity contribution < 1.29 is 4.21 Å². The summed E-state index contributed by atoms with van der Waals surface area (Å²) in [6, 6.07) is 15.1. The molecule has 1 aliphatic rings. The van der Waals surface area contributed by atoms with E-state index >= 15 is 0 Å². The predicted octanol–water partition coefficient (Wildman–Crippen LogP) is 5.55. The Bertz CT molecular complexity index is 1880. The summed E-state index contributed by atoms with van der Waals surface area (Å²) in [6.45, 7) is 3.98. The smallest absolute Gasteiger partial charge is 0.266 e. The van der Waals surface area contributed by atoms with Gasteiger partial charge in [0.15, 0.2) is 10.8 Å². The first-order valence-corrected chi connectivity index (χ1v) is 16.5. The lowest BCUT2D eigenvalue weighted by Crippen LogP contribution is -2.22. The highest BCUT2D eigenvalue weighted by Crippen LogP contribution is 2.31. The Balaban J connectivity index is 1.38. The maximum atomic E-state index is 13.9. The van der Waals surface area contributed by atoms with Crippen molar-refractivity contribution in [3.8, 4) is 16.3 Å². The highest BCUT2D eigenvalue weighted by Gasteiger charge is 2.19. The molecule has 2 N–H and O–H groups in total. The van der Waals surface area contributed by atoms with Crippen LogP contribution in [0.5, 0.6) is 0 Å². The molecule has 6 rings (SSSR count). The lowest BCUT2D eigenvalue weighted by Gasteiger charge is -2.14. The van der Waals surface area contributed by atoms with Gasteiger partial charge in [-0.2, -0.15) is 4.98 Å². The first-order chi connectivity index (χ1) is 19.8. The van der Waals surface area contributed by atoms with Crippen molar-refractivity contribution in [1.29, 1.82) is 0 Å². The van der Waals surface area contributed by atoms with Gasteiger partial charge in [-0.15, -0.1) is 11.3 Å². The van der Waals surface area contributed by atoms with E-state index in [1.165, 1.54) is 27.9 Å². The van der Waals surface area contributed by atoms with Gasteiger partial charge in [-0.05, 0) is 83.1 Å². The normalized spacial score (nSPS) is 16.6. The van der Waals surface area contributed by atoms with E-state index in [4.69, 9.17) is 16.6 Å². The summed E-state index contributed by atoms with van der Waals surface area (Å²) >= 11 is 7.98. The number of hydrogen-bond donors (Lipinski definition) is 2. The summed E-state index contributed by atoms with van der Waals surface area (Å²) in [7, 11) is -2.45. The Hall–Kier alpha value is -3.57. The fourth-order valence-corrected chi connectivity index (χ4v) is 7.01. The molecule has 0 spiro atoms. The molecule has 11 heteroatoms. The van der Waals surface area contributed by atoms with Crippen LogP contribution >= 0.6 is 22.9 Å². The highest BCUT2D eigenvalue weighted by atomic mass is 35.5. The Kier molecular flexibility index (Phi) is 7.65. The molecule has 1 fully saturated rings. The minimum absolute atomic E-state index is 0.316. The first-order valence-electron chi connectivity index (χ1n) is 13.4. The molecule has 4 heterocycles. The fourth-order valence-electron chi connectivity index (χ4n) is 5.04. The van der Waals surface area contributed by atoms with Gasteiger partial charge in [0.05, 0.1) is 0 Å². The Morgan fingerprint density at radius 3 is 2.68 bits per heavy atom. The predicted molar refractivity (Wildman–Crippen MR) is 170 cm³/mol. The number of nitrogens with zero attached hydrogens (tertiary/aromatic N) is 4. The minimum atomic E-state index is -2.45. The summed E-state index contributed by atoms with van der Waals surface area (Å²) in [5, 5.41) is 9.95. The van der Waals surface area contributed by atoms with Crippen LogP contribution in [0.4, 0.5) is 11.6 Å². The Labute approximate surface area is 247 Å². The molecular weight excluding hydrogens is 576 g/mol. The lowest BCUT2D eigenvalue weighted by atomic mass is 9.99. The summed E-state index contributed by atoms with van der Waals surface area (Å²) in [6.07, 6.45) is 5.59. The topological polar surface area (TPSA) is 102 Å². The quantitative estimate of drug-likeness (QED) is 0.224. The second-order valence-corrected chi connectivity index (χ2v) is 14.1. The van der Waals surface area contributed by atoms with E-state index in [2.05, 4.69) is 38.6 Å². The number of nitrogens with one attached hydrogen (secondary N) is 2. The van der Waals surface area contributed by atoms with Gasteiger partial charge < -0.3 is 10.6 Å². The molecule has 1 aliphatic heterocycles. The third kappa shape index (κ3) is 5.65. The van der Waals surface area contributed by atoms with Gasteiger partial charge in [0.25, 0.3) is 5.56 Å². The molecule has 0 bridgehead atoms. The standard InChI is InChI=1S/C30H29ClN6O2S2/c1-3-41(2,39)23-8-9-24(26(31)16-23)25-15-21-18-34-29(36-27(21)37(28(25)38)30-33-12-13-40-30)35-22-6-4-19(5-7-22)14-20-10-11-32-17-20/h4-9,12-13,15-16,18,20,32H,2-3,10-11,14,17H2,1H3,(H,34,35,36). The second-order valence-electron chi connectivity index (χ2n) is 10.1. The molecular formula is C30H29ClN6O2S2. The monoisotopic (exact) mass is 604 g/mol. The number of thiazole rings is 1. The SMILES string of the molecule is C=S(=O)(CC)c1ccc(-c2cc3cnc(Nc4ccc(CC5CCNC5)cc4)nc3n(-c3nccs3)c2=O)c(Cl)c1. The van der Waals surface area contributed by atoms with Crippen LogP contribution in [0.3, 0.4) is 0 Å². The van der Waals surface area contributed by atoms with E-state index in [0.29, 0.717) is 54.8 Å². The summed E-state index contributed by atoms with van der Waals surface area (Å²) < 4.78 is 14.3. The van der Waals surface area contributed by atoms with Gasteiger partial charge in [-0.25, -0.2) is 14.5 Å². The van der Waals surface area contributed by atoms with E-state index in [-0.39, 0.29) is 5.56 Å². The van der Waals surface area contributed by atoms with Gasteiger partial charge in [0.1, 0.15) is 0 Å². The number of benzene rings is 2. The fraction of sp³-hybridized carbons (Fsp3) is 0.233. The molecule has 210 valence electrons. The van der Waals surface area contributed by atoms with Crippen LogP contribution in [0, 0.1) is 5.92 Å². The van der Waals surface area contributed by atoms with Crippen LogP contribution < -0.4 is 16.2 Å². The molecule has 0 amide bonds. The van der Waals surface area contributed by atoms with E-state index in [1.54, 1.807) is 42.0 Å². The molecule has 8 nitrogen and oxygen atoms in total. The van der Waals surface area contributed by atoms with Crippen LogP contribution in [0.15, 0.2) is 76.0 Å². The Morgan fingerprint density at radius 1 is 1.17 bits per heavy atom. The average molecular weight is 605 g/mol. The van der Waals surface area contributed by atoms with Crippen molar-refractivity contribution in [1.82, 2.24) is 24.8 Å². The van der Waals surface area contributed by atoms with Crippen LogP contribution in [0.2, 0.25) is 5.02 Å². The lowest BCUT2D eigenvalue weighted by molar-refractivity contribution is 0.580. The van der Waals surface area contributed by atoms with Crippen molar-refractivity contribution in [2.45, 2.75) is 24.7 Å². The number of rotatable bonds is 8. The van der Waals surface area contributed by atoms with Crippen molar-refractivity contribution in [3.63, 3.8) is 0 Å². The maximum absolute atomic E-state index is 13.9. The van der Waals surface area contributed by atoms with Crippen LogP contribution in [-0.4, -0.2) is 48.4 Å². The number of pyridine rings is 1. The van der Waals surface area contributed by atoms with E-state index in [0.717, 1.165) is 25.2 Å². The molecule has 2 aromatic carbocycles. The molecule has 5 aromatic rings. The van der Waals surface area contributed by atoms with Gasteiger partial charge in [0.2, 0.25) is 5.95 Å². The van der Waals surface area contributed by atoms with Crippen molar-refractivity contribution in [3.05, 3.63) is 87.2 Å². The van der Waals surface area contributed by atoms with E-state index < -0.39 is 9.52 Å². The van der Waals surface area contributed by atoms with Crippen molar-refractivity contribution in [2.75, 3.05) is 24.2 Å². The molecule has 0 aliphatic carbocycles. The van der Waals surface area contributed by atoms with Crippen molar-refractivity contribution >= 4 is 61.0 Å². The summed E-state index contributed by atoms with van der Waals surface area (Å²) in [5.74, 6) is 5.29. The summed E-state index contributed by atoms with van der Waals surface area (Å²) in [4.78, 5) is 28.1. The molecule has 0 saturated carbocycles. The molecule has 2 unspecified atom stereocenters. The zero-order valence-corrected chi connectivity index (χ0v) is 24.9. The zero-order chi connectivity index (χ0) is 28.6. The highest BCUT2D eigenvalue weighted by molar-refractivity contribution is 8.00. The molecule has 2 atom stereocenters. The molecule has 3 aromatic heterocycles. The van der Waals surface area contributed by atoms with Crippen LogP contribution in [-0.2, 0) is 15.9 Å². The van der Waals surface area contributed by atoms with Gasteiger partial charge >= 0.3 is 0 Å². The van der Waals surface area contributed by atoms with Crippen molar-refractivity contribution in [2.24, 2.45) is 5.92 Å².